The van der Waals surface area contributed by atoms with Crippen LogP contribution in [-0.4, -0.2) is 55.0 Å². The number of hydrogen-bond acceptors (Lipinski definition) is 6. The maximum Gasteiger partial charge on any atom is 0.189 e. The number of aryl methyl sites for hydroxylation is 1. The second kappa shape index (κ2) is 15.2. The first-order valence-corrected chi connectivity index (χ1v) is 13.7. The summed E-state index contributed by atoms with van der Waals surface area (Å²) in [4.78, 5) is 30.9. The van der Waals surface area contributed by atoms with Gasteiger partial charge in [0.2, 0.25) is 0 Å². The van der Waals surface area contributed by atoms with Crippen molar-refractivity contribution in [2.45, 2.75) is 89.1 Å². The van der Waals surface area contributed by atoms with E-state index in [1.807, 2.05) is 6.20 Å². The molecule has 6 N–H and O–H groups in total. The topological polar surface area (TPSA) is 130 Å². The second-order valence-corrected chi connectivity index (χ2v) is 10.2. The number of Topliss-reactive ketones (excluding diaryl/α,β-unsaturated/α-hetero) is 2. The molecule has 1 aliphatic heterocycles. The number of guanidine groups is 1. The number of nitrogens with zero attached hydrogens (tertiary/aromatic N) is 1. The molecule has 0 radical (unpaired) electrons. The predicted molar refractivity (Wildman–Crippen MR) is 144 cm³/mol. The molecule has 1 aromatic carbocycles. The van der Waals surface area contributed by atoms with Gasteiger partial charge >= 0.3 is 0 Å². The zero-order valence-electron chi connectivity index (χ0n) is 22.1. The third-order valence-electron chi connectivity index (χ3n) is 7.17. The number of methoxy groups -OCH3 is 1. The summed E-state index contributed by atoms with van der Waals surface area (Å²) in [5, 5.41) is 16.3. The molecule has 0 spiro atoms. The van der Waals surface area contributed by atoms with E-state index in [0.717, 1.165) is 44.5 Å². The van der Waals surface area contributed by atoms with Crippen LogP contribution >= 0.6 is 0 Å². The first-order valence-electron chi connectivity index (χ1n) is 13.7. The number of hydrogen-bond donors (Lipinski definition) is 5. The van der Waals surface area contributed by atoms with Gasteiger partial charge in [0.1, 0.15) is 17.8 Å². The first kappa shape index (κ1) is 28.5. The van der Waals surface area contributed by atoms with Crippen molar-refractivity contribution in [1.29, 1.82) is 0 Å². The van der Waals surface area contributed by atoms with Gasteiger partial charge in [-0.1, -0.05) is 25.3 Å². The summed E-state index contributed by atoms with van der Waals surface area (Å²) in [6.45, 7) is 1.85. The molecule has 2 aliphatic rings. The van der Waals surface area contributed by atoms with Gasteiger partial charge in [0.05, 0.1) is 32.3 Å². The molecule has 3 rings (SSSR count). The normalized spacial score (nSPS) is 18.8. The molecule has 204 valence electrons. The summed E-state index contributed by atoms with van der Waals surface area (Å²) in [5.41, 5.74) is 7.16. The van der Waals surface area contributed by atoms with Crippen LogP contribution in [-0.2, 0) is 16.0 Å². The zero-order chi connectivity index (χ0) is 26.5. The molecule has 2 atom stereocenters. The fraction of sp³-hybridized carbons (Fsp3) is 0.607. The average Bonchev–Trinajstić information content (AvgIpc) is 3.41. The van der Waals surface area contributed by atoms with Gasteiger partial charge in [0.25, 0.3) is 0 Å². The molecule has 0 aromatic heterocycles. The minimum Gasteiger partial charge on any atom is -0.504 e. The molecule has 37 heavy (non-hydrogen) atoms. The maximum atomic E-state index is 12.5. The van der Waals surface area contributed by atoms with Crippen LogP contribution in [0.3, 0.4) is 0 Å². The van der Waals surface area contributed by atoms with Crippen LogP contribution in [0.1, 0.15) is 76.2 Å². The Morgan fingerprint density at radius 2 is 2.00 bits per heavy atom. The van der Waals surface area contributed by atoms with Crippen molar-refractivity contribution < 1.29 is 24.3 Å². The Labute approximate surface area is 220 Å². The summed E-state index contributed by atoms with van der Waals surface area (Å²) < 4.78 is 5.11. The monoisotopic (exact) mass is 514 g/mol. The van der Waals surface area contributed by atoms with Crippen LogP contribution in [0, 0.1) is 0 Å². The number of quaternary nitrogens is 1. The fourth-order valence-electron chi connectivity index (χ4n) is 5.00. The van der Waals surface area contributed by atoms with Crippen LogP contribution in [0.25, 0.3) is 0 Å². The Hall–Kier alpha value is -3.07. The van der Waals surface area contributed by atoms with E-state index in [9.17, 15) is 14.7 Å². The minimum atomic E-state index is -0.0625. The van der Waals surface area contributed by atoms with Crippen molar-refractivity contribution in [3.8, 4) is 11.5 Å². The van der Waals surface area contributed by atoms with Gasteiger partial charge in [-0.05, 0) is 49.8 Å². The number of aliphatic imine (C=N–C) groups is 1. The molecule has 1 aliphatic carbocycles. The van der Waals surface area contributed by atoms with Crippen molar-refractivity contribution >= 4 is 17.5 Å². The third-order valence-corrected chi connectivity index (χ3v) is 7.17. The van der Waals surface area contributed by atoms with E-state index in [1.165, 1.54) is 31.3 Å². The van der Waals surface area contributed by atoms with Crippen LogP contribution < -0.4 is 26.0 Å². The Kier molecular flexibility index (Phi) is 11.7. The van der Waals surface area contributed by atoms with Crippen molar-refractivity contribution in [3.63, 3.8) is 0 Å². The number of carbonyl (C=O) groups is 2. The Morgan fingerprint density at radius 3 is 2.73 bits per heavy atom. The number of rotatable bonds is 15. The van der Waals surface area contributed by atoms with E-state index in [4.69, 9.17) is 15.5 Å². The summed E-state index contributed by atoms with van der Waals surface area (Å²) >= 11 is 0. The van der Waals surface area contributed by atoms with Crippen molar-refractivity contribution in [2.24, 2.45) is 10.7 Å². The van der Waals surface area contributed by atoms with Crippen molar-refractivity contribution in [2.75, 3.05) is 20.3 Å². The Morgan fingerprint density at radius 1 is 1.22 bits per heavy atom. The number of aromatic hydroxyl groups is 1. The van der Waals surface area contributed by atoms with E-state index >= 15 is 0 Å². The minimum absolute atomic E-state index is 0.0202. The Balaban J connectivity index is 1.41. The summed E-state index contributed by atoms with van der Waals surface area (Å²) in [5.74, 6) is 0.875. The van der Waals surface area contributed by atoms with Gasteiger partial charge in [-0.2, -0.15) is 0 Å². The van der Waals surface area contributed by atoms with E-state index in [0.29, 0.717) is 37.0 Å². The van der Waals surface area contributed by atoms with Gasteiger partial charge in [-0.25, -0.2) is 0 Å². The van der Waals surface area contributed by atoms with Gasteiger partial charge in [0.15, 0.2) is 24.1 Å². The smallest absolute Gasteiger partial charge is 0.189 e. The molecule has 1 unspecified atom stereocenters. The number of benzene rings is 1. The standard InChI is InChI=1S/C28H43N5O4/c1-37-27-18-21(11-13-26(27)36)10-12-25(35)19-24(34)9-5-8-23(14-16-33-17-15-30-20-33)32-28(29)31-22-6-3-2-4-7-22/h11,13,15,17-18,22-23,30,36H,2-10,12,14,16,19-20H2,1H3,(H3,29,31,32)/p+1/t23-/m1/s1. The lowest BCUT2D eigenvalue weighted by Gasteiger charge is -2.23. The maximum absolute atomic E-state index is 12.5. The predicted octanol–water partition coefficient (Wildman–Crippen LogP) is 1.94. The quantitative estimate of drug-likeness (QED) is 0.137. The molecule has 9 heteroatoms. The van der Waals surface area contributed by atoms with E-state index in [-0.39, 0.29) is 36.2 Å². The van der Waals surface area contributed by atoms with Crippen LogP contribution in [0.4, 0.5) is 0 Å². The number of phenolic OH excluding ortho intramolecular Hbond substituents is 1. The molecule has 1 heterocycles. The Bertz CT molecular complexity index is 943. The fourth-order valence-corrected chi connectivity index (χ4v) is 5.00. The molecular weight excluding hydrogens is 470 g/mol. The number of nitrogens with one attached hydrogen (secondary N) is 3. The molecule has 1 aromatic rings. The summed E-state index contributed by atoms with van der Waals surface area (Å²) in [6, 6.07) is 5.49. The van der Waals surface area contributed by atoms with Gasteiger partial charge < -0.3 is 26.2 Å². The number of phenols is 1. The highest BCUT2D eigenvalue weighted by molar-refractivity contribution is 5.99. The number of ether oxygens (including phenoxy) is 1. The highest BCUT2D eigenvalue weighted by atomic mass is 16.5. The van der Waals surface area contributed by atoms with E-state index in [1.54, 1.807) is 18.2 Å². The highest BCUT2D eigenvalue weighted by Gasteiger charge is 2.18. The second-order valence-electron chi connectivity index (χ2n) is 10.2. The lowest BCUT2D eigenvalue weighted by molar-refractivity contribution is -0.843. The molecule has 1 saturated carbocycles. The van der Waals surface area contributed by atoms with Gasteiger partial charge in [-0.3, -0.25) is 19.5 Å². The zero-order valence-corrected chi connectivity index (χ0v) is 22.1. The highest BCUT2D eigenvalue weighted by Crippen LogP contribution is 2.26. The van der Waals surface area contributed by atoms with Gasteiger partial charge in [0, 0.05) is 25.3 Å². The SMILES string of the molecule is COc1cc(CCC(=O)CC(=O)CCC[C@H](CC[NH+]2C=CNC2)NC(N)=NC2CCCCC2)ccc1O. The van der Waals surface area contributed by atoms with Crippen molar-refractivity contribution in [3.05, 3.63) is 36.2 Å². The van der Waals surface area contributed by atoms with E-state index in [2.05, 4.69) is 16.8 Å². The first-order chi connectivity index (χ1) is 17.9. The molecular formula is C28H44N5O4+. The van der Waals surface area contributed by atoms with Gasteiger partial charge in [-0.15, -0.1) is 0 Å². The average molecular weight is 515 g/mol. The molecule has 0 amide bonds. The summed E-state index contributed by atoms with van der Waals surface area (Å²) in [7, 11) is 1.49. The van der Waals surface area contributed by atoms with Crippen LogP contribution in [0.2, 0.25) is 0 Å². The van der Waals surface area contributed by atoms with Crippen LogP contribution in [0.15, 0.2) is 35.6 Å². The molecule has 0 bridgehead atoms. The lowest BCUT2D eigenvalue weighted by atomic mass is 9.96. The number of ketones is 2. The lowest BCUT2D eigenvalue weighted by Crippen LogP contribution is -3.07. The van der Waals surface area contributed by atoms with Crippen LogP contribution in [0.5, 0.6) is 11.5 Å². The number of carbonyl (C=O) groups excluding carboxylic acids is 2. The number of nitrogens with two attached hydrogens (primary N) is 1. The molecule has 0 saturated heterocycles. The van der Waals surface area contributed by atoms with Crippen molar-refractivity contribution in [1.82, 2.24) is 10.6 Å². The summed E-state index contributed by atoms with van der Waals surface area (Å²) in [6.07, 6.45) is 13.6. The third kappa shape index (κ3) is 10.4. The molecule has 1 fully saturated rings. The van der Waals surface area contributed by atoms with E-state index < -0.39 is 0 Å². The molecule has 9 nitrogen and oxygen atoms in total. The largest absolute Gasteiger partial charge is 0.504 e.